The fourth-order valence-corrected chi connectivity index (χ4v) is 1.93. The van der Waals surface area contributed by atoms with Crippen LogP contribution in [0.3, 0.4) is 0 Å². The van der Waals surface area contributed by atoms with Gasteiger partial charge in [-0.1, -0.05) is 18.2 Å². The summed E-state index contributed by atoms with van der Waals surface area (Å²) in [6.07, 6.45) is 0. The number of para-hydroxylation sites is 1. The van der Waals surface area contributed by atoms with Crippen molar-refractivity contribution in [2.45, 2.75) is 0 Å². The average Bonchev–Trinajstić information content (AvgIpc) is 2.43. The smallest absolute Gasteiger partial charge is 0.129 e. The van der Waals surface area contributed by atoms with Crippen LogP contribution in [0.5, 0.6) is 0 Å². The molecule has 0 radical (unpaired) electrons. The first-order valence-electron chi connectivity index (χ1n) is 6.15. The highest BCUT2D eigenvalue weighted by Gasteiger charge is 2.07. The number of rotatable bonds is 6. The molecule has 1 aromatic heterocycles. The highest BCUT2D eigenvalue weighted by atomic mass is 16.5. The molecule has 1 aromatic carbocycles. The van der Waals surface area contributed by atoms with Gasteiger partial charge in [0.05, 0.1) is 12.1 Å². The summed E-state index contributed by atoms with van der Waals surface area (Å²) in [7, 11) is 1.70. The van der Waals surface area contributed by atoms with Crippen molar-refractivity contribution in [2.24, 2.45) is 5.73 Å². The van der Waals surface area contributed by atoms with Gasteiger partial charge in [-0.25, -0.2) is 4.98 Å². The molecule has 1 heterocycles. The van der Waals surface area contributed by atoms with E-state index >= 15 is 0 Å². The molecular formula is C14H19N3O. The minimum atomic E-state index is 0.609. The van der Waals surface area contributed by atoms with Gasteiger partial charge in [-0.2, -0.15) is 0 Å². The van der Waals surface area contributed by atoms with Gasteiger partial charge in [0.15, 0.2) is 0 Å². The van der Waals surface area contributed by atoms with E-state index in [9.17, 15) is 0 Å². The van der Waals surface area contributed by atoms with Crippen LogP contribution >= 0.6 is 0 Å². The molecule has 96 valence electrons. The van der Waals surface area contributed by atoms with Gasteiger partial charge < -0.3 is 15.4 Å². The Morgan fingerprint density at radius 3 is 2.78 bits per heavy atom. The third-order valence-electron chi connectivity index (χ3n) is 2.87. The second kappa shape index (κ2) is 6.33. The Bertz CT molecular complexity index is 501. The topological polar surface area (TPSA) is 51.4 Å². The monoisotopic (exact) mass is 245 g/mol. The average molecular weight is 245 g/mol. The molecule has 2 aromatic rings. The van der Waals surface area contributed by atoms with Gasteiger partial charge in [-0.05, 0) is 18.2 Å². The first kappa shape index (κ1) is 12.8. The number of aromatic nitrogens is 1. The van der Waals surface area contributed by atoms with Crippen LogP contribution in [0.4, 0.5) is 5.82 Å². The Morgan fingerprint density at radius 1 is 1.17 bits per heavy atom. The second-order valence-corrected chi connectivity index (χ2v) is 4.13. The maximum Gasteiger partial charge on any atom is 0.129 e. The van der Waals surface area contributed by atoms with Crippen LogP contribution in [0.15, 0.2) is 36.4 Å². The number of pyridine rings is 1. The van der Waals surface area contributed by atoms with Crippen LogP contribution in [-0.2, 0) is 4.74 Å². The van der Waals surface area contributed by atoms with E-state index in [-0.39, 0.29) is 0 Å². The van der Waals surface area contributed by atoms with Gasteiger partial charge >= 0.3 is 0 Å². The SMILES string of the molecule is COCCN(CCN)c1ccc2ccccc2n1. The molecule has 4 nitrogen and oxygen atoms in total. The summed E-state index contributed by atoms with van der Waals surface area (Å²) in [4.78, 5) is 6.81. The molecule has 0 aliphatic heterocycles. The lowest BCUT2D eigenvalue weighted by atomic mass is 10.2. The van der Waals surface area contributed by atoms with Crippen molar-refractivity contribution in [1.29, 1.82) is 0 Å². The zero-order valence-corrected chi connectivity index (χ0v) is 10.7. The van der Waals surface area contributed by atoms with Crippen LogP contribution in [0.2, 0.25) is 0 Å². The summed E-state index contributed by atoms with van der Waals surface area (Å²) in [5.74, 6) is 0.955. The first-order chi connectivity index (χ1) is 8.85. The summed E-state index contributed by atoms with van der Waals surface area (Å²) in [6.45, 7) is 2.88. The third-order valence-corrected chi connectivity index (χ3v) is 2.87. The highest BCUT2D eigenvalue weighted by molar-refractivity contribution is 5.80. The predicted molar refractivity (Wildman–Crippen MR) is 74.9 cm³/mol. The lowest BCUT2D eigenvalue weighted by Gasteiger charge is -2.22. The fraction of sp³-hybridized carbons (Fsp3) is 0.357. The lowest BCUT2D eigenvalue weighted by Crippen LogP contribution is -2.33. The number of hydrogen-bond donors (Lipinski definition) is 1. The summed E-state index contributed by atoms with van der Waals surface area (Å²) in [5, 5.41) is 1.15. The molecule has 0 saturated heterocycles. The minimum Gasteiger partial charge on any atom is -0.383 e. The standard InChI is InChI=1S/C14H19N3O/c1-18-11-10-17(9-8-15)14-7-6-12-4-2-3-5-13(12)16-14/h2-7H,8-11,15H2,1H3. The third kappa shape index (κ3) is 2.97. The number of fused-ring (bicyclic) bond motifs is 1. The zero-order valence-electron chi connectivity index (χ0n) is 10.7. The number of nitrogens with zero attached hydrogens (tertiary/aromatic N) is 2. The largest absolute Gasteiger partial charge is 0.383 e. The van der Waals surface area contributed by atoms with E-state index in [1.165, 1.54) is 0 Å². The van der Waals surface area contributed by atoms with E-state index < -0.39 is 0 Å². The van der Waals surface area contributed by atoms with Crippen LogP contribution < -0.4 is 10.6 Å². The lowest BCUT2D eigenvalue weighted by molar-refractivity contribution is 0.205. The van der Waals surface area contributed by atoms with Crippen molar-refractivity contribution >= 4 is 16.7 Å². The van der Waals surface area contributed by atoms with Gasteiger partial charge in [0.2, 0.25) is 0 Å². The summed E-state index contributed by atoms with van der Waals surface area (Å²) in [6, 6.07) is 12.2. The van der Waals surface area contributed by atoms with Crippen LogP contribution in [0.1, 0.15) is 0 Å². The molecule has 18 heavy (non-hydrogen) atoms. The minimum absolute atomic E-state index is 0.609. The molecule has 0 saturated carbocycles. The van der Waals surface area contributed by atoms with Crippen molar-refractivity contribution in [1.82, 2.24) is 4.98 Å². The second-order valence-electron chi connectivity index (χ2n) is 4.13. The zero-order chi connectivity index (χ0) is 12.8. The number of ether oxygens (including phenoxy) is 1. The highest BCUT2D eigenvalue weighted by Crippen LogP contribution is 2.17. The number of anilines is 1. The molecular weight excluding hydrogens is 226 g/mol. The van der Waals surface area contributed by atoms with Gasteiger partial charge in [0.25, 0.3) is 0 Å². The Kier molecular flexibility index (Phi) is 4.50. The Balaban J connectivity index is 2.25. The van der Waals surface area contributed by atoms with E-state index in [0.29, 0.717) is 13.2 Å². The first-order valence-corrected chi connectivity index (χ1v) is 6.15. The van der Waals surface area contributed by atoms with Gasteiger partial charge in [0, 0.05) is 32.1 Å². The molecule has 0 unspecified atom stereocenters. The summed E-state index contributed by atoms with van der Waals surface area (Å²) >= 11 is 0. The molecule has 0 amide bonds. The van der Waals surface area contributed by atoms with Crippen LogP contribution in [0.25, 0.3) is 10.9 Å². The van der Waals surface area contributed by atoms with Gasteiger partial charge in [-0.15, -0.1) is 0 Å². The molecule has 2 rings (SSSR count). The summed E-state index contributed by atoms with van der Waals surface area (Å²) in [5.41, 5.74) is 6.65. The maximum atomic E-state index is 5.64. The van der Waals surface area contributed by atoms with E-state index in [1.807, 2.05) is 24.3 Å². The van der Waals surface area contributed by atoms with Crippen LogP contribution in [0, 0.1) is 0 Å². The Labute approximate surface area is 107 Å². The Hall–Kier alpha value is -1.65. The Morgan fingerprint density at radius 2 is 2.00 bits per heavy atom. The molecule has 0 spiro atoms. The van der Waals surface area contributed by atoms with Crippen molar-refractivity contribution in [3.63, 3.8) is 0 Å². The van der Waals surface area contributed by atoms with E-state index in [4.69, 9.17) is 10.5 Å². The van der Waals surface area contributed by atoms with Crippen molar-refractivity contribution in [3.05, 3.63) is 36.4 Å². The molecule has 0 aliphatic carbocycles. The van der Waals surface area contributed by atoms with Gasteiger partial charge in [-0.3, -0.25) is 0 Å². The summed E-state index contributed by atoms with van der Waals surface area (Å²) < 4.78 is 5.12. The predicted octanol–water partition coefficient (Wildman–Crippen LogP) is 1.65. The fourth-order valence-electron chi connectivity index (χ4n) is 1.93. The molecule has 0 atom stereocenters. The quantitative estimate of drug-likeness (QED) is 0.840. The maximum absolute atomic E-state index is 5.64. The van der Waals surface area contributed by atoms with Crippen molar-refractivity contribution in [3.8, 4) is 0 Å². The van der Waals surface area contributed by atoms with E-state index in [2.05, 4.69) is 22.0 Å². The van der Waals surface area contributed by atoms with Crippen LogP contribution in [-0.4, -0.2) is 38.3 Å². The van der Waals surface area contributed by atoms with Crippen molar-refractivity contribution in [2.75, 3.05) is 38.3 Å². The molecule has 4 heteroatoms. The van der Waals surface area contributed by atoms with E-state index in [0.717, 1.165) is 29.8 Å². The normalized spacial score (nSPS) is 10.8. The molecule has 0 bridgehead atoms. The molecule has 0 fully saturated rings. The number of nitrogens with two attached hydrogens (primary N) is 1. The number of methoxy groups -OCH3 is 1. The van der Waals surface area contributed by atoms with Gasteiger partial charge in [0.1, 0.15) is 5.82 Å². The number of benzene rings is 1. The number of hydrogen-bond acceptors (Lipinski definition) is 4. The van der Waals surface area contributed by atoms with E-state index in [1.54, 1.807) is 7.11 Å². The molecule has 0 aliphatic rings. The van der Waals surface area contributed by atoms with Crippen molar-refractivity contribution < 1.29 is 4.74 Å². The molecule has 2 N–H and O–H groups in total.